The lowest BCUT2D eigenvalue weighted by Gasteiger charge is -2.19. The molecule has 2 heterocycles. The average Bonchev–Trinajstić information content (AvgIpc) is 2.62. The van der Waals surface area contributed by atoms with Gasteiger partial charge in [0.2, 0.25) is 0 Å². The number of nitrogens with zero attached hydrogens (tertiary/aromatic N) is 1. The summed E-state index contributed by atoms with van der Waals surface area (Å²) in [4.78, 5) is 13.7. The Morgan fingerprint density at radius 3 is 2.67 bits per heavy atom. The number of hydrogen-bond donors (Lipinski definition) is 0. The van der Waals surface area contributed by atoms with Gasteiger partial charge in [-0.2, -0.15) is 0 Å². The zero-order valence-corrected chi connectivity index (χ0v) is 10.1. The maximum absolute atomic E-state index is 11.3. The molecule has 0 radical (unpaired) electrons. The second-order valence-electron chi connectivity index (χ2n) is 3.51. The molecule has 2 fully saturated rings. The van der Waals surface area contributed by atoms with E-state index in [1.165, 1.54) is 19.5 Å². The molecule has 0 aromatic rings. The predicted octanol–water partition coefficient (Wildman–Crippen LogP) is 1.48. The number of carbonyl (C=O) groups excluding carboxylic acids is 1. The zero-order chi connectivity index (χ0) is 7.84. The highest BCUT2D eigenvalue weighted by molar-refractivity contribution is 9.09. The van der Waals surface area contributed by atoms with Gasteiger partial charge in [-0.05, 0) is 18.9 Å². The fourth-order valence-corrected chi connectivity index (χ4v) is 2.66. The van der Waals surface area contributed by atoms with Crippen molar-refractivity contribution in [3.05, 3.63) is 0 Å². The van der Waals surface area contributed by atoms with Crippen molar-refractivity contribution in [2.45, 2.75) is 6.42 Å². The quantitative estimate of drug-likeness (QED) is 0.720. The molecule has 2 nitrogen and oxygen atoms in total. The number of ketones is 1. The molecule has 0 saturated carbocycles. The second kappa shape index (κ2) is 4.20. The van der Waals surface area contributed by atoms with Crippen molar-refractivity contribution < 1.29 is 4.79 Å². The van der Waals surface area contributed by atoms with Crippen LogP contribution >= 0.6 is 32.9 Å². The van der Waals surface area contributed by atoms with Crippen LogP contribution in [0.3, 0.4) is 0 Å². The fourth-order valence-electron chi connectivity index (χ4n) is 2.25. The molecule has 3 atom stereocenters. The van der Waals surface area contributed by atoms with Crippen molar-refractivity contribution in [2.75, 3.05) is 25.0 Å². The molecule has 0 aliphatic carbocycles. The Balaban J connectivity index is 0.000000720. The first kappa shape index (κ1) is 10.7. The van der Waals surface area contributed by atoms with E-state index in [-0.39, 0.29) is 17.0 Å². The van der Waals surface area contributed by atoms with Crippen molar-refractivity contribution in [3.63, 3.8) is 0 Å². The number of rotatable bonds is 2. The number of carbonyl (C=O) groups is 1. The fraction of sp³-hybridized carbons (Fsp3) is 0.875. The first-order valence-corrected chi connectivity index (χ1v) is 5.24. The van der Waals surface area contributed by atoms with Crippen molar-refractivity contribution in [2.24, 2.45) is 11.8 Å². The average molecular weight is 299 g/mol. The Labute approximate surface area is 91.6 Å². The van der Waals surface area contributed by atoms with Gasteiger partial charge in [-0.1, -0.05) is 15.9 Å². The van der Waals surface area contributed by atoms with Gasteiger partial charge in [0, 0.05) is 19.0 Å². The molecule has 12 heavy (non-hydrogen) atoms. The number of fused-ring (bicyclic) bond motifs is 2. The molecule has 70 valence electrons. The Kier molecular flexibility index (Phi) is 3.74. The van der Waals surface area contributed by atoms with Crippen LogP contribution < -0.4 is 0 Å². The van der Waals surface area contributed by atoms with Crippen LogP contribution in [0.1, 0.15) is 6.42 Å². The second-order valence-corrected chi connectivity index (χ2v) is 4.08. The highest BCUT2D eigenvalue weighted by Crippen LogP contribution is 2.33. The Morgan fingerprint density at radius 1 is 1.50 bits per heavy atom. The lowest BCUT2D eigenvalue weighted by molar-refractivity contribution is -0.121. The first-order valence-electron chi connectivity index (χ1n) is 4.12. The van der Waals surface area contributed by atoms with E-state index in [0.29, 0.717) is 22.9 Å². The molecule has 0 aromatic carbocycles. The van der Waals surface area contributed by atoms with E-state index in [0.717, 1.165) is 6.54 Å². The maximum Gasteiger partial charge on any atom is 0.148 e. The lowest BCUT2D eigenvalue weighted by Crippen LogP contribution is -2.29. The molecular weight excluding hydrogens is 286 g/mol. The van der Waals surface area contributed by atoms with E-state index in [9.17, 15) is 4.79 Å². The summed E-state index contributed by atoms with van der Waals surface area (Å²) in [7, 11) is 0. The molecule has 3 unspecified atom stereocenters. The molecular formula is C8H13Br2NO. The number of halogens is 2. The smallest absolute Gasteiger partial charge is 0.148 e. The largest absolute Gasteiger partial charge is 0.302 e. The standard InChI is InChI=1S/C8H12BrNO.BrH/c9-3-8(11)7-5-10-2-1-6(7)4-10;/h6-7H,1-5H2;1H. The summed E-state index contributed by atoms with van der Waals surface area (Å²) >= 11 is 3.23. The summed E-state index contributed by atoms with van der Waals surface area (Å²) in [5.74, 6) is 1.43. The minimum absolute atomic E-state index is 0. The third-order valence-corrected chi connectivity index (χ3v) is 3.43. The Hall–Kier alpha value is 0.590. The van der Waals surface area contributed by atoms with Crippen LogP contribution in [0.2, 0.25) is 0 Å². The number of alkyl halides is 1. The molecule has 2 aliphatic heterocycles. The summed E-state index contributed by atoms with van der Waals surface area (Å²) in [5, 5.41) is 0.544. The van der Waals surface area contributed by atoms with Crippen LogP contribution in [-0.4, -0.2) is 35.6 Å². The van der Waals surface area contributed by atoms with Crippen LogP contribution in [0.15, 0.2) is 0 Å². The highest BCUT2D eigenvalue weighted by Gasteiger charge is 2.40. The van der Waals surface area contributed by atoms with E-state index in [1.54, 1.807) is 0 Å². The number of hydrogen-bond acceptors (Lipinski definition) is 2. The van der Waals surface area contributed by atoms with Crippen molar-refractivity contribution in [3.8, 4) is 0 Å². The van der Waals surface area contributed by atoms with E-state index in [1.807, 2.05) is 0 Å². The van der Waals surface area contributed by atoms with Gasteiger partial charge in [0.15, 0.2) is 0 Å². The molecule has 0 aromatic heterocycles. The number of Topliss-reactive ketones (excluding diaryl/α,β-unsaturated/α-hetero) is 1. The minimum atomic E-state index is 0. The van der Waals surface area contributed by atoms with Crippen molar-refractivity contribution in [1.82, 2.24) is 4.90 Å². The molecule has 2 aliphatic rings. The molecule has 2 rings (SSSR count). The van der Waals surface area contributed by atoms with Gasteiger partial charge < -0.3 is 4.90 Å². The molecule has 4 heteroatoms. The van der Waals surface area contributed by atoms with E-state index < -0.39 is 0 Å². The van der Waals surface area contributed by atoms with Crippen LogP contribution in [0, 0.1) is 11.8 Å². The van der Waals surface area contributed by atoms with Gasteiger partial charge in [0.1, 0.15) is 5.78 Å². The van der Waals surface area contributed by atoms with Crippen LogP contribution in [-0.2, 0) is 4.79 Å². The topological polar surface area (TPSA) is 20.3 Å². The zero-order valence-electron chi connectivity index (χ0n) is 6.83. The Bertz CT molecular complexity index is 186. The third kappa shape index (κ3) is 1.75. The van der Waals surface area contributed by atoms with Crippen LogP contribution in [0.4, 0.5) is 0 Å². The molecule has 2 saturated heterocycles. The molecule has 0 spiro atoms. The number of piperidine rings is 1. The van der Waals surface area contributed by atoms with Gasteiger partial charge in [0.05, 0.1) is 5.33 Å². The summed E-state index contributed by atoms with van der Waals surface area (Å²) in [5.41, 5.74) is 0. The van der Waals surface area contributed by atoms with Gasteiger partial charge in [-0.25, -0.2) is 0 Å². The van der Waals surface area contributed by atoms with E-state index in [4.69, 9.17) is 0 Å². The molecule has 0 amide bonds. The highest BCUT2D eigenvalue weighted by atomic mass is 79.9. The van der Waals surface area contributed by atoms with Crippen molar-refractivity contribution in [1.29, 1.82) is 0 Å². The maximum atomic E-state index is 11.3. The summed E-state index contributed by atoms with van der Waals surface area (Å²) in [6, 6.07) is 0. The summed E-state index contributed by atoms with van der Waals surface area (Å²) < 4.78 is 0. The lowest BCUT2D eigenvalue weighted by atomic mass is 9.90. The third-order valence-electron chi connectivity index (χ3n) is 2.88. The van der Waals surface area contributed by atoms with Crippen LogP contribution in [0.5, 0.6) is 0 Å². The normalized spacial score (nSPS) is 37.9. The first-order chi connectivity index (χ1) is 5.31. The SMILES string of the molecule is Br.O=C(CBr)C1CN2CCC1C2. The summed E-state index contributed by atoms with van der Waals surface area (Å²) in [6.45, 7) is 3.41. The van der Waals surface area contributed by atoms with Crippen LogP contribution in [0.25, 0.3) is 0 Å². The molecule has 0 N–H and O–H groups in total. The van der Waals surface area contributed by atoms with E-state index >= 15 is 0 Å². The van der Waals surface area contributed by atoms with Gasteiger partial charge in [-0.3, -0.25) is 4.79 Å². The van der Waals surface area contributed by atoms with Gasteiger partial charge >= 0.3 is 0 Å². The Morgan fingerprint density at radius 2 is 2.25 bits per heavy atom. The van der Waals surface area contributed by atoms with Gasteiger partial charge in [-0.15, -0.1) is 17.0 Å². The minimum Gasteiger partial charge on any atom is -0.302 e. The van der Waals surface area contributed by atoms with E-state index in [2.05, 4.69) is 20.8 Å². The summed E-state index contributed by atoms with van der Waals surface area (Å²) in [6.07, 6.45) is 1.24. The van der Waals surface area contributed by atoms with Gasteiger partial charge in [0.25, 0.3) is 0 Å². The molecule has 2 bridgehead atoms. The van der Waals surface area contributed by atoms with Crippen molar-refractivity contribution >= 4 is 38.7 Å². The monoisotopic (exact) mass is 297 g/mol. The predicted molar refractivity (Wildman–Crippen MR) is 57.2 cm³/mol.